The van der Waals surface area contributed by atoms with Crippen LogP contribution in [0.5, 0.6) is 0 Å². The maximum Gasteiger partial charge on any atom is 0.225 e. The van der Waals surface area contributed by atoms with E-state index in [0.717, 1.165) is 57.5 Å². The highest BCUT2D eigenvalue weighted by Crippen LogP contribution is 2.21. The maximum atomic E-state index is 12.9. The molecule has 3 heterocycles. The topological polar surface area (TPSA) is 54.5 Å². The van der Waals surface area contributed by atoms with Crippen molar-refractivity contribution >= 4 is 18.3 Å². The number of nitrogens with zero attached hydrogens (tertiary/aromatic N) is 2. The number of pyridine rings is 1. The lowest BCUT2D eigenvalue weighted by Crippen LogP contribution is -2.41. The number of carbonyl (C=O) groups is 1. The molecule has 6 heteroatoms. The van der Waals surface area contributed by atoms with Crippen molar-refractivity contribution in [3.05, 3.63) is 30.1 Å². The van der Waals surface area contributed by atoms with Crippen LogP contribution in [0.4, 0.5) is 0 Å². The van der Waals surface area contributed by atoms with Crippen LogP contribution in [0.2, 0.25) is 0 Å². The Morgan fingerprint density at radius 2 is 2.17 bits per heavy atom. The zero-order chi connectivity index (χ0) is 15.9. The van der Waals surface area contributed by atoms with Gasteiger partial charge < -0.3 is 15.0 Å². The van der Waals surface area contributed by atoms with Gasteiger partial charge in [0.25, 0.3) is 0 Å². The second-order valence-corrected chi connectivity index (χ2v) is 6.52. The molecule has 2 atom stereocenters. The molecule has 1 amide bonds. The van der Waals surface area contributed by atoms with Gasteiger partial charge in [-0.05, 0) is 57.3 Å². The van der Waals surface area contributed by atoms with Crippen LogP contribution in [-0.2, 0) is 16.1 Å². The molecule has 5 nitrogen and oxygen atoms in total. The number of aromatic nitrogens is 1. The summed E-state index contributed by atoms with van der Waals surface area (Å²) < 4.78 is 5.66. The van der Waals surface area contributed by atoms with Crippen molar-refractivity contribution in [1.82, 2.24) is 15.2 Å². The van der Waals surface area contributed by atoms with Gasteiger partial charge in [-0.3, -0.25) is 9.78 Å². The van der Waals surface area contributed by atoms with Gasteiger partial charge in [-0.25, -0.2) is 0 Å². The van der Waals surface area contributed by atoms with Crippen LogP contribution in [0.25, 0.3) is 0 Å². The van der Waals surface area contributed by atoms with E-state index in [2.05, 4.69) is 15.2 Å². The lowest BCUT2D eigenvalue weighted by atomic mass is 10.0. The first-order valence-corrected chi connectivity index (χ1v) is 8.84. The number of amides is 1. The van der Waals surface area contributed by atoms with E-state index < -0.39 is 0 Å². The number of ether oxygens (including phenoxy) is 1. The molecule has 0 saturated carbocycles. The van der Waals surface area contributed by atoms with Crippen molar-refractivity contribution in [3.63, 3.8) is 0 Å². The Labute approximate surface area is 150 Å². The largest absolute Gasteiger partial charge is 0.378 e. The first-order valence-electron chi connectivity index (χ1n) is 8.84. The Morgan fingerprint density at radius 3 is 2.92 bits per heavy atom. The average molecular weight is 354 g/mol. The van der Waals surface area contributed by atoms with Crippen LogP contribution in [0.15, 0.2) is 24.4 Å². The minimum Gasteiger partial charge on any atom is -0.378 e. The summed E-state index contributed by atoms with van der Waals surface area (Å²) in [5.41, 5.74) is 0.963. The van der Waals surface area contributed by atoms with Crippen LogP contribution >= 0.6 is 12.4 Å². The summed E-state index contributed by atoms with van der Waals surface area (Å²) in [6.45, 7) is 3.44. The molecule has 1 aromatic rings. The summed E-state index contributed by atoms with van der Waals surface area (Å²) in [6, 6.07) is 6.21. The second kappa shape index (κ2) is 9.97. The van der Waals surface area contributed by atoms with Gasteiger partial charge in [-0.15, -0.1) is 12.4 Å². The van der Waals surface area contributed by atoms with E-state index in [4.69, 9.17) is 4.74 Å². The molecule has 0 radical (unpaired) electrons. The highest BCUT2D eigenvalue weighted by Gasteiger charge is 2.28. The Balaban J connectivity index is 0.00000208. The highest BCUT2D eigenvalue weighted by molar-refractivity contribution is 5.85. The minimum atomic E-state index is 0. The number of hydrogen-bond acceptors (Lipinski definition) is 4. The first kappa shape index (κ1) is 19.2. The molecular formula is C18H28ClN3O2. The smallest absolute Gasteiger partial charge is 0.225 e. The number of hydrogen-bond donors (Lipinski definition) is 1. The van der Waals surface area contributed by atoms with Gasteiger partial charge in [0.05, 0.1) is 24.8 Å². The summed E-state index contributed by atoms with van der Waals surface area (Å²) in [5.74, 6) is 0.217. The molecule has 1 N–H and O–H groups in total. The summed E-state index contributed by atoms with van der Waals surface area (Å²) >= 11 is 0. The fourth-order valence-electron chi connectivity index (χ4n) is 3.52. The normalized spacial score (nSPS) is 24.0. The Morgan fingerprint density at radius 1 is 1.25 bits per heavy atom. The zero-order valence-electron chi connectivity index (χ0n) is 14.2. The summed E-state index contributed by atoms with van der Waals surface area (Å²) in [7, 11) is 0. The van der Waals surface area contributed by atoms with Crippen LogP contribution in [0, 0.1) is 0 Å². The molecule has 2 aliphatic heterocycles. The Hall–Kier alpha value is -1.17. The van der Waals surface area contributed by atoms with Crippen molar-refractivity contribution in [1.29, 1.82) is 0 Å². The molecule has 0 aliphatic carbocycles. The average Bonchev–Trinajstić information content (AvgIpc) is 2.93. The van der Waals surface area contributed by atoms with Crippen LogP contribution in [-0.4, -0.2) is 47.6 Å². The van der Waals surface area contributed by atoms with Gasteiger partial charge in [0.2, 0.25) is 5.91 Å². The number of halogens is 1. The van der Waals surface area contributed by atoms with Crippen LogP contribution < -0.4 is 5.32 Å². The van der Waals surface area contributed by atoms with Gasteiger partial charge in [0.15, 0.2) is 0 Å². The molecule has 3 rings (SSSR count). The lowest BCUT2D eigenvalue weighted by Gasteiger charge is -2.31. The number of carbonyl (C=O) groups excluding carboxylic acids is 1. The zero-order valence-corrected chi connectivity index (χ0v) is 15.0. The van der Waals surface area contributed by atoms with Gasteiger partial charge in [-0.1, -0.05) is 6.07 Å². The molecule has 2 saturated heterocycles. The first-order chi connectivity index (χ1) is 11.3. The van der Waals surface area contributed by atoms with E-state index in [9.17, 15) is 4.79 Å². The fourth-order valence-corrected chi connectivity index (χ4v) is 3.52. The third-order valence-electron chi connectivity index (χ3n) is 4.79. The molecule has 2 aliphatic rings. The van der Waals surface area contributed by atoms with Gasteiger partial charge >= 0.3 is 0 Å². The van der Waals surface area contributed by atoms with E-state index in [1.807, 2.05) is 18.2 Å². The molecule has 0 spiro atoms. The second-order valence-electron chi connectivity index (χ2n) is 6.52. The molecule has 0 aromatic carbocycles. The Bertz CT molecular complexity index is 486. The van der Waals surface area contributed by atoms with E-state index in [1.54, 1.807) is 6.20 Å². The van der Waals surface area contributed by atoms with Gasteiger partial charge in [0, 0.05) is 18.8 Å². The van der Waals surface area contributed by atoms with E-state index in [-0.39, 0.29) is 24.4 Å². The standard InChI is InChI=1S/C18H27N3O2.ClH/c22-18(13-17-7-4-12-23-17)21(14-15-5-1-2-10-20-15)16-6-3-9-19-11-8-16;/h1-2,5,10,16-17,19H,3-4,6-9,11-14H2;1H. The van der Waals surface area contributed by atoms with Crippen molar-refractivity contribution < 1.29 is 9.53 Å². The van der Waals surface area contributed by atoms with E-state index in [1.165, 1.54) is 0 Å². The SMILES string of the molecule is Cl.O=C(CC1CCCO1)N(Cc1ccccn1)C1CCCNCC1. The van der Waals surface area contributed by atoms with Gasteiger partial charge in [-0.2, -0.15) is 0 Å². The predicted molar refractivity (Wildman–Crippen MR) is 96.1 cm³/mol. The van der Waals surface area contributed by atoms with E-state index in [0.29, 0.717) is 19.0 Å². The summed E-state index contributed by atoms with van der Waals surface area (Å²) in [5, 5.41) is 3.43. The molecule has 1 aromatic heterocycles. The van der Waals surface area contributed by atoms with Crippen LogP contribution in [0.3, 0.4) is 0 Å². The van der Waals surface area contributed by atoms with Crippen molar-refractivity contribution in [2.75, 3.05) is 19.7 Å². The van der Waals surface area contributed by atoms with Crippen molar-refractivity contribution in [3.8, 4) is 0 Å². The molecule has 2 unspecified atom stereocenters. The van der Waals surface area contributed by atoms with Crippen molar-refractivity contribution in [2.45, 2.75) is 57.2 Å². The molecule has 134 valence electrons. The van der Waals surface area contributed by atoms with Crippen molar-refractivity contribution in [2.24, 2.45) is 0 Å². The quantitative estimate of drug-likeness (QED) is 0.883. The summed E-state index contributed by atoms with van der Waals surface area (Å²) in [6.07, 6.45) is 7.71. The third kappa shape index (κ3) is 5.43. The monoisotopic (exact) mass is 353 g/mol. The highest BCUT2D eigenvalue weighted by atomic mass is 35.5. The minimum absolute atomic E-state index is 0. The lowest BCUT2D eigenvalue weighted by molar-refractivity contribution is -0.136. The predicted octanol–water partition coefficient (Wildman–Crippen LogP) is 2.54. The number of nitrogens with one attached hydrogen (secondary N) is 1. The number of rotatable bonds is 5. The van der Waals surface area contributed by atoms with E-state index >= 15 is 0 Å². The Kier molecular flexibility index (Phi) is 7.95. The molecule has 0 bridgehead atoms. The molecule has 2 fully saturated rings. The third-order valence-corrected chi connectivity index (χ3v) is 4.79. The fraction of sp³-hybridized carbons (Fsp3) is 0.667. The van der Waals surface area contributed by atoms with Gasteiger partial charge in [0.1, 0.15) is 0 Å². The summed E-state index contributed by atoms with van der Waals surface area (Å²) in [4.78, 5) is 19.4. The molecule has 24 heavy (non-hydrogen) atoms. The molecular weight excluding hydrogens is 326 g/mol. The maximum absolute atomic E-state index is 12.9. The van der Waals surface area contributed by atoms with Crippen LogP contribution in [0.1, 0.15) is 44.2 Å².